The summed E-state index contributed by atoms with van der Waals surface area (Å²) in [4.78, 5) is 4.36. The van der Waals surface area contributed by atoms with Gasteiger partial charge in [0.2, 0.25) is 0 Å². The number of phenolic OH excluding ortho intramolecular Hbond substituents is 1. The van der Waals surface area contributed by atoms with E-state index < -0.39 is 0 Å². The standard InChI is InChI=1S/C16H17NO3/c1-11-5-4-6-12(16(11)18)10-17-14-8-7-13(19-2)9-15(14)20-3/h4-10,18H,1-3H3. The van der Waals surface area contributed by atoms with Crippen molar-refractivity contribution in [3.63, 3.8) is 0 Å². The quantitative estimate of drug-likeness (QED) is 0.866. The van der Waals surface area contributed by atoms with E-state index in [1.54, 1.807) is 32.6 Å². The summed E-state index contributed by atoms with van der Waals surface area (Å²) in [6.45, 7) is 1.85. The maximum atomic E-state index is 9.94. The molecule has 0 aliphatic carbocycles. The van der Waals surface area contributed by atoms with E-state index in [1.165, 1.54) is 0 Å². The van der Waals surface area contributed by atoms with Gasteiger partial charge in [0.05, 0.1) is 14.2 Å². The highest BCUT2D eigenvalue weighted by atomic mass is 16.5. The molecule has 0 atom stereocenters. The van der Waals surface area contributed by atoms with Crippen molar-refractivity contribution in [1.82, 2.24) is 0 Å². The van der Waals surface area contributed by atoms with E-state index in [0.29, 0.717) is 22.7 Å². The van der Waals surface area contributed by atoms with Gasteiger partial charge in [-0.3, -0.25) is 4.99 Å². The number of ether oxygens (including phenoxy) is 2. The van der Waals surface area contributed by atoms with Gasteiger partial charge in [0, 0.05) is 17.8 Å². The number of hydrogen-bond donors (Lipinski definition) is 1. The number of benzene rings is 2. The zero-order valence-corrected chi connectivity index (χ0v) is 11.8. The first-order valence-corrected chi connectivity index (χ1v) is 6.20. The molecular formula is C16H17NO3. The summed E-state index contributed by atoms with van der Waals surface area (Å²) in [6, 6.07) is 10.9. The molecule has 0 fully saturated rings. The van der Waals surface area contributed by atoms with Crippen LogP contribution in [0.15, 0.2) is 41.4 Å². The summed E-state index contributed by atoms with van der Waals surface area (Å²) < 4.78 is 10.4. The molecular weight excluding hydrogens is 254 g/mol. The number of phenols is 1. The van der Waals surface area contributed by atoms with Crippen LogP contribution in [0.1, 0.15) is 11.1 Å². The molecule has 4 nitrogen and oxygen atoms in total. The molecule has 0 heterocycles. The molecule has 2 aromatic rings. The average molecular weight is 271 g/mol. The van der Waals surface area contributed by atoms with Crippen LogP contribution in [0.2, 0.25) is 0 Å². The molecule has 0 spiro atoms. The highest BCUT2D eigenvalue weighted by molar-refractivity contribution is 5.86. The lowest BCUT2D eigenvalue weighted by molar-refractivity contribution is 0.395. The van der Waals surface area contributed by atoms with Crippen molar-refractivity contribution in [3.05, 3.63) is 47.5 Å². The van der Waals surface area contributed by atoms with Crippen molar-refractivity contribution < 1.29 is 14.6 Å². The van der Waals surface area contributed by atoms with Gasteiger partial charge in [-0.2, -0.15) is 0 Å². The van der Waals surface area contributed by atoms with Crippen molar-refractivity contribution in [2.45, 2.75) is 6.92 Å². The number of rotatable bonds is 4. The lowest BCUT2D eigenvalue weighted by Gasteiger charge is -2.07. The van der Waals surface area contributed by atoms with Gasteiger partial charge in [-0.15, -0.1) is 0 Å². The highest BCUT2D eigenvalue weighted by Crippen LogP contribution is 2.31. The Morgan fingerprint density at radius 2 is 1.90 bits per heavy atom. The average Bonchev–Trinajstić information content (AvgIpc) is 2.48. The molecule has 0 saturated carbocycles. The van der Waals surface area contributed by atoms with E-state index in [4.69, 9.17) is 9.47 Å². The number of methoxy groups -OCH3 is 2. The van der Waals surface area contributed by atoms with Gasteiger partial charge in [0.15, 0.2) is 0 Å². The van der Waals surface area contributed by atoms with Gasteiger partial charge in [-0.05, 0) is 30.7 Å². The summed E-state index contributed by atoms with van der Waals surface area (Å²) in [6.07, 6.45) is 1.62. The van der Waals surface area contributed by atoms with E-state index in [0.717, 1.165) is 5.56 Å². The Kier molecular flexibility index (Phi) is 4.25. The Bertz CT molecular complexity index is 636. The summed E-state index contributed by atoms with van der Waals surface area (Å²) in [5, 5.41) is 9.94. The fourth-order valence-corrected chi connectivity index (χ4v) is 1.82. The largest absolute Gasteiger partial charge is 0.507 e. The van der Waals surface area contributed by atoms with Crippen molar-refractivity contribution in [1.29, 1.82) is 0 Å². The summed E-state index contributed by atoms with van der Waals surface area (Å²) in [5.74, 6) is 1.57. The number of aryl methyl sites for hydroxylation is 1. The lowest BCUT2D eigenvalue weighted by Crippen LogP contribution is -1.88. The predicted octanol–water partition coefficient (Wildman–Crippen LogP) is 3.47. The monoisotopic (exact) mass is 271 g/mol. The van der Waals surface area contributed by atoms with Gasteiger partial charge in [-0.25, -0.2) is 0 Å². The normalized spacial score (nSPS) is 10.8. The van der Waals surface area contributed by atoms with Crippen molar-refractivity contribution in [2.24, 2.45) is 4.99 Å². The Balaban J connectivity index is 2.34. The number of nitrogens with zero attached hydrogens (tertiary/aromatic N) is 1. The van der Waals surface area contributed by atoms with Crippen molar-refractivity contribution >= 4 is 11.9 Å². The molecule has 0 saturated heterocycles. The summed E-state index contributed by atoms with van der Waals surface area (Å²) >= 11 is 0. The number of para-hydroxylation sites is 1. The van der Waals surface area contributed by atoms with Crippen LogP contribution in [-0.4, -0.2) is 25.5 Å². The topological polar surface area (TPSA) is 51.0 Å². The van der Waals surface area contributed by atoms with Crippen LogP contribution in [-0.2, 0) is 0 Å². The van der Waals surface area contributed by atoms with Gasteiger partial charge in [0.25, 0.3) is 0 Å². The Hall–Kier alpha value is -2.49. The van der Waals surface area contributed by atoms with E-state index in [-0.39, 0.29) is 5.75 Å². The number of aliphatic imine (C=N–C) groups is 1. The number of hydrogen-bond acceptors (Lipinski definition) is 4. The highest BCUT2D eigenvalue weighted by Gasteiger charge is 2.04. The molecule has 1 N–H and O–H groups in total. The van der Waals surface area contributed by atoms with Gasteiger partial charge < -0.3 is 14.6 Å². The van der Waals surface area contributed by atoms with E-state index >= 15 is 0 Å². The van der Waals surface area contributed by atoms with Crippen LogP contribution in [0.5, 0.6) is 17.2 Å². The molecule has 0 aromatic heterocycles. The summed E-state index contributed by atoms with van der Waals surface area (Å²) in [7, 11) is 3.18. The third-order valence-corrected chi connectivity index (χ3v) is 3.00. The maximum absolute atomic E-state index is 9.94. The van der Waals surface area contributed by atoms with Gasteiger partial charge in [0.1, 0.15) is 22.9 Å². The van der Waals surface area contributed by atoms with Crippen LogP contribution < -0.4 is 9.47 Å². The minimum atomic E-state index is 0.240. The lowest BCUT2D eigenvalue weighted by atomic mass is 10.1. The minimum Gasteiger partial charge on any atom is -0.507 e. The maximum Gasteiger partial charge on any atom is 0.148 e. The zero-order valence-electron chi connectivity index (χ0n) is 11.8. The van der Waals surface area contributed by atoms with Crippen LogP contribution in [0.4, 0.5) is 5.69 Å². The Morgan fingerprint density at radius 1 is 1.10 bits per heavy atom. The fourth-order valence-electron chi connectivity index (χ4n) is 1.82. The molecule has 2 aromatic carbocycles. The SMILES string of the molecule is COc1ccc(N=Cc2cccc(C)c2O)c(OC)c1. The molecule has 20 heavy (non-hydrogen) atoms. The Labute approximate surface area is 118 Å². The van der Waals surface area contributed by atoms with Crippen LogP contribution in [0.25, 0.3) is 0 Å². The van der Waals surface area contributed by atoms with Crippen LogP contribution >= 0.6 is 0 Å². The number of aromatic hydroxyl groups is 1. The zero-order chi connectivity index (χ0) is 14.5. The first kappa shape index (κ1) is 13.9. The molecule has 0 unspecified atom stereocenters. The van der Waals surface area contributed by atoms with E-state index in [2.05, 4.69) is 4.99 Å². The third-order valence-electron chi connectivity index (χ3n) is 3.00. The van der Waals surface area contributed by atoms with Crippen LogP contribution in [0.3, 0.4) is 0 Å². The summed E-state index contributed by atoms with van der Waals surface area (Å²) in [5.41, 5.74) is 2.16. The molecule has 0 amide bonds. The molecule has 0 radical (unpaired) electrons. The molecule has 104 valence electrons. The van der Waals surface area contributed by atoms with Gasteiger partial charge >= 0.3 is 0 Å². The molecule has 0 aliphatic heterocycles. The Morgan fingerprint density at radius 3 is 2.60 bits per heavy atom. The molecule has 2 rings (SSSR count). The van der Waals surface area contributed by atoms with Gasteiger partial charge in [-0.1, -0.05) is 12.1 Å². The predicted molar refractivity (Wildman–Crippen MR) is 79.6 cm³/mol. The minimum absolute atomic E-state index is 0.240. The molecule has 0 aliphatic rings. The second-order valence-electron chi connectivity index (χ2n) is 4.31. The fraction of sp³-hybridized carbons (Fsp3) is 0.188. The van der Waals surface area contributed by atoms with Crippen LogP contribution in [0, 0.1) is 6.92 Å². The third kappa shape index (κ3) is 2.91. The van der Waals surface area contributed by atoms with E-state index in [9.17, 15) is 5.11 Å². The first-order chi connectivity index (χ1) is 9.65. The van der Waals surface area contributed by atoms with E-state index in [1.807, 2.05) is 31.2 Å². The molecule has 4 heteroatoms. The second-order valence-corrected chi connectivity index (χ2v) is 4.31. The first-order valence-electron chi connectivity index (χ1n) is 6.20. The second kappa shape index (κ2) is 6.10. The smallest absolute Gasteiger partial charge is 0.148 e. The van der Waals surface area contributed by atoms with Crippen molar-refractivity contribution in [3.8, 4) is 17.2 Å². The van der Waals surface area contributed by atoms with Crippen molar-refractivity contribution in [2.75, 3.05) is 14.2 Å². The molecule has 0 bridgehead atoms.